The third-order valence-corrected chi connectivity index (χ3v) is 3.94. The second kappa shape index (κ2) is 7.70. The number of methoxy groups -OCH3 is 1. The highest BCUT2D eigenvalue weighted by atomic mass is 32.2. The van der Waals surface area contributed by atoms with Gasteiger partial charge >= 0.3 is 5.97 Å². The first-order chi connectivity index (χ1) is 7.74. The molecule has 1 unspecified atom stereocenters. The van der Waals surface area contributed by atoms with Crippen LogP contribution in [0.15, 0.2) is 16.8 Å². The third-order valence-electron chi connectivity index (χ3n) is 2.19. The van der Waals surface area contributed by atoms with Crippen LogP contribution in [0.2, 0.25) is 0 Å². The molecule has 5 heteroatoms. The molecule has 1 aromatic rings. The van der Waals surface area contributed by atoms with E-state index in [9.17, 15) is 4.79 Å². The summed E-state index contributed by atoms with van der Waals surface area (Å²) in [6.45, 7) is 0. The Morgan fingerprint density at radius 2 is 2.44 bits per heavy atom. The number of hydrogen-bond acceptors (Lipinski definition) is 5. The lowest BCUT2D eigenvalue weighted by atomic mass is 10.2. The van der Waals surface area contributed by atoms with Crippen LogP contribution in [0.3, 0.4) is 0 Å². The molecule has 0 radical (unpaired) electrons. The Hall–Kier alpha value is -0.520. The molecule has 0 aromatic carbocycles. The largest absolute Gasteiger partial charge is 0.468 e. The number of carbonyl (C=O) groups is 1. The third kappa shape index (κ3) is 5.01. The van der Waals surface area contributed by atoms with E-state index in [1.807, 2.05) is 11.8 Å². The summed E-state index contributed by atoms with van der Waals surface area (Å²) in [6.07, 6.45) is 1.77. The van der Waals surface area contributed by atoms with Crippen LogP contribution in [0.25, 0.3) is 0 Å². The fraction of sp³-hybridized carbons (Fsp3) is 0.545. The minimum Gasteiger partial charge on any atom is -0.468 e. The van der Waals surface area contributed by atoms with Gasteiger partial charge in [0.15, 0.2) is 0 Å². The molecule has 0 aliphatic heterocycles. The van der Waals surface area contributed by atoms with E-state index < -0.39 is 6.04 Å². The fourth-order valence-corrected chi connectivity index (χ4v) is 2.91. The minimum absolute atomic E-state index is 0.321. The summed E-state index contributed by atoms with van der Waals surface area (Å²) in [7, 11) is 1.37. The highest BCUT2D eigenvalue weighted by molar-refractivity contribution is 7.99. The number of thioether (sulfide) groups is 1. The summed E-state index contributed by atoms with van der Waals surface area (Å²) >= 11 is 3.55. The predicted molar refractivity (Wildman–Crippen MR) is 70.0 cm³/mol. The predicted octanol–water partition coefficient (Wildman–Crippen LogP) is 1.91. The normalized spacial score (nSPS) is 12.4. The van der Waals surface area contributed by atoms with Gasteiger partial charge in [-0.15, -0.1) is 0 Å². The molecule has 0 amide bonds. The van der Waals surface area contributed by atoms with Crippen LogP contribution in [-0.4, -0.2) is 30.6 Å². The molecule has 0 saturated carbocycles. The molecule has 0 fully saturated rings. The van der Waals surface area contributed by atoms with Crippen LogP contribution in [0.4, 0.5) is 0 Å². The number of ether oxygens (including phenoxy) is 1. The van der Waals surface area contributed by atoms with Gasteiger partial charge in [0.1, 0.15) is 6.04 Å². The first kappa shape index (κ1) is 13.5. The lowest BCUT2D eigenvalue weighted by Crippen LogP contribution is -2.32. The molecule has 90 valence electrons. The van der Waals surface area contributed by atoms with Crippen LogP contribution in [-0.2, 0) is 16.0 Å². The van der Waals surface area contributed by atoms with E-state index in [0.29, 0.717) is 6.42 Å². The molecule has 0 spiro atoms. The SMILES string of the molecule is COC(=O)C(N)CCSCCc1ccsc1. The first-order valence-electron chi connectivity index (χ1n) is 5.16. The number of aryl methyl sites for hydroxylation is 1. The monoisotopic (exact) mass is 259 g/mol. The van der Waals surface area contributed by atoms with Gasteiger partial charge in [-0.05, 0) is 46.7 Å². The summed E-state index contributed by atoms with van der Waals surface area (Å²) < 4.78 is 4.56. The van der Waals surface area contributed by atoms with Gasteiger partial charge in [0, 0.05) is 0 Å². The van der Waals surface area contributed by atoms with E-state index in [0.717, 1.165) is 17.9 Å². The van der Waals surface area contributed by atoms with Gasteiger partial charge in [0.05, 0.1) is 7.11 Å². The van der Waals surface area contributed by atoms with Crippen molar-refractivity contribution in [3.05, 3.63) is 22.4 Å². The topological polar surface area (TPSA) is 52.3 Å². The van der Waals surface area contributed by atoms with Crippen LogP contribution < -0.4 is 5.73 Å². The summed E-state index contributed by atoms with van der Waals surface area (Å²) in [5.74, 6) is 1.66. The Morgan fingerprint density at radius 1 is 1.62 bits per heavy atom. The van der Waals surface area contributed by atoms with Crippen molar-refractivity contribution in [3.8, 4) is 0 Å². The Kier molecular flexibility index (Phi) is 6.52. The Labute approximate surface area is 104 Å². The second-order valence-corrected chi connectivity index (χ2v) is 5.42. The van der Waals surface area contributed by atoms with Crippen molar-refractivity contribution in [2.45, 2.75) is 18.9 Å². The fourth-order valence-electron chi connectivity index (χ4n) is 1.21. The lowest BCUT2D eigenvalue weighted by Gasteiger charge is -2.08. The van der Waals surface area contributed by atoms with E-state index >= 15 is 0 Å². The molecule has 0 saturated heterocycles. The Bertz CT molecular complexity index is 301. The molecule has 2 N–H and O–H groups in total. The van der Waals surface area contributed by atoms with Crippen LogP contribution in [0.5, 0.6) is 0 Å². The molecule has 0 aliphatic rings. The number of rotatable bonds is 7. The molecular weight excluding hydrogens is 242 g/mol. The smallest absolute Gasteiger partial charge is 0.322 e. The number of thiophene rings is 1. The molecule has 0 bridgehead atoms. The van der Waals surface area contributed by atoms with Crippen molar-refractivity contribution in [3.63, 3.8) is 0 Å². The number of nitrogens with two attached hydrogens (primary N) is 1. The lowest BCUT2D eigenvalue weighted by molar-refractivity contribution is -0.142. The van der Waals surface area contributed by atoms with Crippen molar-refractivity contribution in [2.75, 3.05) is 18.6 Å². The van der Waals surface area contributed by atoms with Gasteiger partial charge in [0.25, 0.3) is 0 Å². The Balaban J connectivity index is 2.02. The van der Waals surface area contributed by atoms with Crippen molar-refractivity contribution >= 4 is 29.1 Å². The summed E-state index contributed by atoms with van der Waals surface area (Å²) in [4.78, 5) is 11.0. The number of carbonyl (C=O) groups excluding carboxylic acids is 1. The van der Waals surface area contributed by atoms with Gasteiger partial charge in [-0.1, -0.05) is 0 Å². The van der Waals surface area contributed by atoms with Crippen molar-refractivity contribution in [1.29, 1.82) is 0 Å². The van der Waals surface area contributed by atoms with Gasteiger partial charge in [-0.25, -0.2) is 0 Å². The molecule has 1 rings (SSSR count). The van der Waals surface area contributed by atoms with Crippen LogP contribution in [0.1, 0.15) is 12.0 Å². The minimum atomic E-state index is -0.473. The summed E-state index contributed by atoms with van der Waals surface area (Å²) in [5, 5.41) is 4.26. The van der Waals surface area contributed by atoms with Crippen LogP contribution >= 0.6 is 23.1 Å². The maximum absolute atomic E-state index is 11.0. The summed E-state index contributed by atoms with van der Waals surface area (Å²) in [5.41, 5.74) is 7.00. The maximum atomic E-state index is 11.0. The second-order valence-electron chi connectivity index (χ2n) is 3.41. The number of esters is 1. The zero-order valence-corrected chi connectivity index (χ0v) is 11.0. The first-order valence-corrected chi connectivity index (χ1v) is 7.26. The molecular formula is C11H17NO2S2. The van der Waals surface area contributed by atoms with E-state index in [1.165, 1.54) is 12.7 Å². The van der Waals surface area contributed by atoms with E-state index in [4.69, 9.17) is 5.73 Å². The molecule has 3 nitrogen and oxygen atoms in total. The standard InChI is InChI=1S/C11H17NO2S2/c1-14-11(13)10(12)4-7-15-5-2-9-3-6-16-8-9/h3,6,8,10H,2,4-5,7,12H2,1H3. The van der Waals surface area contributed by atoms with Gasteiger partial charge in [-0.2, -0.15) is 23.1 Å². The van der Waals surface area contributed by atoms with Crippen molar-refractivity contribution in [2.24, 2.45) is 5.73 Å². The van der Waals surface area contributed by atoms with E-state index in [2.05, 4.69) is 21.6 Å². The summed E-state index contributed by atoms with van der Waals surface area (Å²) in [6, 6.07) is 1.67. The highest BCUT2D eigenvalue weighted by Gasteiger charge is 2.12. The average Bonchev–Trinajstić information content (AvgIpc) is 2.80. The highest BCUT2D eigenvalue weighted by Crippen LogP contribution is 2.11. The van der Waals surface area contributed by atoms with E-state index in [-0.39, 0.29) is 5.97 Å². The molecule has 1 heterocycles. The molecule has 0 aliphatic carbocycles. The van der Waals surface area contributed by atoms with Crippen LogP contribution in [0, 0.1) is 0 Å². The van der Waals surface area contributed by atoms with Gasteiger partial charge in [0.2, 0.25) is 0 Å². The molecule has 1 atom stereocenters. The van der Waals surface area contributed by atoms with Gasteiger partial charge < -0.3 is 10.5 Å². The van der Waals surface area contributed by atoms with Crippen molar-refractivity contribution < 1.29 is 9.53 Å². The van der Waals surface area contributed by atoms with Gasteiger partial charge in [-0.3, -0.25) is 4.79 Å². The van der Waals surface area contributed by atoms with Crippen molar-refractivity contribution in [1.82, 2.24) is 0 Å². The quantitative estimate of drug-likeness (QED) is 0.600. The average molecular weight is 259 g/mol. The zero-order chi connectivity index (χ0) is 11.8. The number of hydrogen-bond donors (Lipinski definition) is 1. The Morgan fingerprint density at radius 3 is 3.06 bits per heavy atom. The van der Waals surface area contributed by atoms with E-state index in [1.54, 1.807) is 11.3 Å². The molecule has 1 aromatic heterocycles. The molecule has 16 heavy (non-hydrogen) atoms. The maximum Gasteiger partial charge on any atom is 0.322 e. The zero-order valence-electron chi connectivity index (χ0n) is 9.35.